The van der Waals surface area contributed by atoms with Gasteiger partial charge in [0.25, 0.3) is 11.5 Å². The van der Waals surface area contributed by atoms with Crippen LogP contribution in [-0.4, -0.2) is 76.2 Å². The third-order valence-electron chi connectivity index (χ3n) is 4.92. The van der Waals surface area contributed by atoms with E-state index in [0.717, 1.165) is 26.1 Å². The van der Waals surface area contributed by atoms with E-state index in [1.54, 1.807) is 10.6 Å². The fraction of sp³-hybridized carbons (Fsp3) is 0.579. The number of piperidine rings is 1. The van der Waals surface area contributed by atoms with Crippen LogP contribution in [0.3, 0.4) is 0 Å². The van der Waals surface area contributed by atoms with Crippen molar-refractivity contribution in [1.29, 1.82) is 0 Å². The number of aromatic nitrogens is 1. The molecule has 27 heavy (non-hydrogen) atoms. The molecule has 1 aliphatic rings. The van der Waals surface area contributed by atoms with E-state index in [9.17, 15) is 14.7 Å². The van der Waals surface area contributed by atoms with E-state index in [4.69, 9.17) is 0 Å². The zero-order chi connectivity index (χ0) is 18.7. The van der Waals surface area contributed by atoms with Gasteiger partial charge < -0.3 is 15.3 Å². The summed E-state index contributed by atoms with van der Waals surface area (Å²) in [6.45, 7) is 7.50. The first-order valence-corrected chi connectivity index (χ1v) is 10.2. The second-order valence-electron chi connectivity index (χ2n) is 7.14. The second-order valence-corrected chi connectivity index (χ2v) is 8.04. The van der Waals surface area contributed by atoms with Crippen molar-refractivity contribution in [3.05, 3.63) is 27.4 Å². The van der Waals surface area contributed by atoms with Crippen molar-refractivity contribution in [2.45, 2.75) is 45.6 Å². The number of amides is 1. The molecule has 2 aromatic rings. The third kappa shape index (κ3) is 4.95. The van der Waals surface area contributed by atoms with Gasteiger partial charge in [-0.25, -0.2) is 0 Å². The summed E-state index contributed by atoms with van der Waals surface area (Å²) in [6.07, 6.45) is 4.64. The SMILES string of the molecule is CC(C)n1c(=O)c(C(=O)NCCCN2CCCCC2)c(O)c2ccsc21.[NaH]. The Morgan fingerprint density at radius 2 is 2.00 bits per heavy atom. The van der Waals surface area contributed by atoms with Gasteiger partial charge in [0.05, 0.1) is 5.39 Å². The minimum atomic E-state index is -0.492. The molecule has 0 atom stereocenters. The first kappa shape index (κ1) is 22.4. The summed E-state index contributed by atoms with van der Waals surface area (Å²) < 4.78 is 1.59. The Hall–Kier alpha value is -0.860. The molecular weight excluding hydrogens is 373 g/mol. The Morgan fingerprint density at radius 1 is 1.30 bits per heavy atom. The Morgan fingerprint density at radius 3 is 2.67 bits per heavy atom. The molecule has 0 saturated carbocycles. The molecule has 1 aliphatic heterocycles. The summed E-state index contributed by atoms with van der Waals surface area (Å²) in [7, 11) is 0. The summed E-state index contributed by atoms with van der Waals surface area (Å²) in [5.74, 6) is -0.703. The molecule has 1 amide bonds. The quantitative estimate of drug-likeness (QED) is 0.575. The van der Waals surface area contributed by atoms with Crippen molar-refractivity contribution in [3.8, 4) is 5.75 Å². The molecular formula is C19H28N3NaO3S. The number of thiophene rings is 1. The number of fused-ring (bicyclic) bond motifs is 1. The molecule has 8 heteroatoms. The topological polar surface area (TPSA) is 74.6 Å². The van der Waals surface area contributed by atoms with E-state index >= 15 is 0 Å². The molecule has 0 radical (unpaired) electrons. The number of carbonyl (C=O) groups is 1. The van der Waals surface area contributed by atoms with Gasteiger partial charge in [0, 0.05) is 12.6 Å². The Balaban J connectivity index is 0.00000261. The van der Waals surface area contributed by atoms with E-state index in [1.165, 1.54) is 30.6 Å². The summed E-state index contributed by atoms with van der Waals surface area (Å²) >= 11 is 1.39. The predicted molar refractivity (Wildman–Crippen MR) is 113 cm³/mol. The van der Waals surface area contributed by atoms with Crippen LogP contribution in [-0.2, 0) is 0 Å². The standard InChI is InChI=1S/C19H27N3O3S.Na.H/c1-13(2)22-18(25)15(16(23)14-7-12-26-19(14)22)17(24)20-8-6-11-21-9-4-3-5-10-21;;/h7,12-13,23H,3-6,8-11H2,1-2H3,(H,20,24);;. The van der Waals surface area contributed by atoms with Gasteiger partial charge in [0.15, 0.2) is 0 Å². The van der Waals surface area contributed by atoms with Gasteiger partial charge in [-0.15, -0.1) is 11.3 Å². The Labute approximate surface area is 185 Å². The van der Waals surface area contributed by atoms with Crippen LogP contribution >= 0.6 is 11.3 Å². The molecule has 2 N–H and O–H groups in total. The number of likely N-dealkylation sites (tertiary alicyclic amines) is 1. The van der Waals surface area contributed by atoms with Gasteiger partial charge >= 0.3 is 29.6 Å². The molecule has 1 saturated heterocycles. The summed E-state index contributed by atoms with van der Waals surface area (Å²) in [5.41, 5.74) is -0.580. The average Bonchev–Trinajstić information content (AvgIpc) is 3.09. The van der Waals surface area contributed by atoms with Gasteiger partial charge in [0.1, 0.15) is 16.1 Å². The zero-order valence-electron chi connectivity index (χ0n) is 15.5. The van der Waals surface area contributed by atoms with E-state index in [1.807, 2.05) is 19.2 Å². The molecule has 0 bridgehead atoms. The number of pyridine rings is 1. The van der Waals surface area contributed by atoms with Crippen molar-refractivity contribution < 1.29 is 9.90 Å². The predicted octanol–water partition coefficient (Wildman–Crippen LogP) is 2.31. The van der Waals surface area contributed by atoms with Gasteiger partial charge in [-0.1, -0.05) is 6.42 Å². The van der Waals surface area contributed by atoms with Crippen LogP contribution in [0.4, 0.5) is 0 Å². The molecule has 0 aromatic carbocycles. The van der Waals surface area contributed by atoms with Gasteiger partial charge in [0.2, 0.25) is 0 Å². The van der Waals surface area contributed by atoms with Gasteiger partial charge in [-0.05, 0) is 64.2 Å². The molecule has 3 heterocycles. The fourth-order valence-corrected chi connectivity index (χ4v) is 4.60. The molecule has 0 unspecified atom stereocenters. The number of nitrogens with one attached hydrogen (secondary N) is 1. The number of aromatic hydroxyl groups is 1. The zero-order valence-corrected chi connectivity index (χ0v) is 16.3. The molecule has 0 spiro atoms. The molecule has 2 aromatic heterocycles. The fourth-order valence-electron chi connectivity index (χ4n) is 3.57. The molecule has 3 rings (SSSR count). The third-order valence-corrected chi connectivity index (χ3v) is 5.83. The maximum atomic E-state index is 12.8. The maximum absolute atomic E-state index is 12.8. The summed E-state index contributed by atoms with van der Waals surface area (Å²) in [4.78, 5) is 28.5. The van der Waals surface area contributed by atoms with Crippen molar-refractivity contribution in [2.75, 3.05) is 26.2 Å². The number of nitrogens with zero attached hydrogens (tertiary/aromatic N) is 2. The Bertz CT molecular complexity index is 841. The van der Waals surface area contributed by atoms with Gasteiger partial charge in [-0.3, -0.25) is 14.2 Å². The second kappa shape index (κ2) is 10.1. The van der Waals surface area contributed by atoms with Crippen molar-refractivity contribution in [3.63, 3.8) is 0 Å². The van der Waals surface area contributed by atoms with Crippen LogP contribution in [0.15, 0.2) is 16.2 Å². The first-order valence-electron chi connectivity index (χ1n) is 9.36. The van der Waals surface area contributed by atoms with Crippen molar-refractivity contribution in [1.82, 2.24) is 14.8 Å². The normalized spacial score (nSPS) is 15.1. The molecule has 0 aliphatic carbocycles. The number of rotatable bonds is 6. The first-order chi connectivity index (χ1) is 12.5. The van der Waals surface area contributed by atoms with Crippen molar-refractivity contribution >= 4 is 57.0 Å². The van der Waals surface area contributed by atoms with E-state index in [2.05, 4.69) is 10.2 Å². The van der Waals surface area contributed by atoms with Crippen molar-refractivity contribution in [2.24, 2.45) is 0 Å². The van der Waals surface area contributed by atoms with Crippen LogP contribution in [0.2, 0.25) is 0 Å². The van der Waals surface area contributed by atoms with Crippen LogP contribution < -0.4 is 10.9 Å². The number of hydrogen-bond acceptors (Lipinski definition) is 5. The van der Waals surface area contributed by atoms with Gasteiger partial charge in [-0.2, -0.15) is 0 Å². The number of hydrogen-bond donors (Lipinski definition) is 2. The van der Waals surface area contributed by atoms with E-state index in [-0.39, 0.29) is 46.9 Å². The summed E-state index contributed by atoms with van der Waals surface area (Å²) in [6, 6.07) is 1.66. The number of carbonyl (C=O) groups excluding carboxylic acids is 1. The minimum absolute atomic E-state index is 0. The van der Waals surface area contributed by atoms with E-state index < -0.39 is 11.5 Å². The Kier molecular flexibility index (Phi) is 8.37. The molecule has 6 nitrogen and oxygen atoms in total. The van der Waals surface area contributed by atoms with Crippen LogP contribution in [0, 0.1) is 0 Å². The van der Waals surface area contributed by atoms with Crippen LogP contribution in [0.1, 0.15) is 55.9 Å². The van der Waals surface area contributed by atoms with E-state index in [0.29, 0.717) is 16.8 Å². The average molecular weight is 402 g/mol. The monoisotopic (exact) mass is 401 g/mol. The van der Waals surface area contributed by atoms with Crippen LogP contribution in [0.5, 0.6) is 5.75 Å². The molecule has 1 fully saturated rings. The molecule has 144 valence electrons. The van der Waals surface area contributed by atoms with Crippen LogP contribution in [0.25, 0.3) is 10.2 Å². The summed E-state index contributed by atoms with van der Waals surface area (Å²) in [5, 5.41) is 15.7.